The molecular formula is C11H15NO. The van der Waals surface area contributed by atoms with Crippen molar-refractivity contribution in [3.8, 4) is 0 Å². The quantitative estimate of drug-likeness (QED) is 0.681. The minimum atomic E-state index is -0.777. The summed E-state index contributed by atoms with van der Waals surface area (Å²) < 4.78 is 0. The molecule has 1 saturated carbocycles. The second kappa shape index (κ2) is 3.13. The maximum atomic E-state index is 10.3. The van der Waals surface area contributed by atoms with Crippen molar-refractivity contribution in [2.45, 2.75) is 30.9 Å². The zero-order valence-electron chi connectivity index (χ0n) is 7.61. The summed E-state index contributed by atoms with van der Waals surface area (Å²) in [7, 11) is 0. The van der Waals surface area contributed by atoms with Gasteiger partial charge in [0.2, 0.25) is 0 Å². The van der Waals surface area contributed by atoms with E-state index in [4.69, 9.17) is 5.73 Å². The lowest BCUT2D eigenvalue weighted by Gasteiger charge is -2.27. The Morgan fingerprint density at radius 3 is 2.54 bits per heavy atom. The van der Waals surface area contributed by atoms with Crippen LogP contribution in [0.4, 0.5) is 0 Å². The summed E-state index contributed by atoms with van der Waals surface area (Å²) in [5, 5.41) is 10.3. The molecular weight excluding hydrogens is 162 g/mol. The molecule has 2 rings (SSSR count). The summed E-state index contributed by atoms with van der Waals surface area (Å²) in [4.78, 5) is 0. The highest BCUT2D eigenvalue weighted by atomic mass is 16.3. The minimum absolute atomic E-state index is 0.102. The predicted molar refractivity (Wildman–Crippen MR) is 52.2 cm³/mol. The van der Waals surface area contributed by atoms with Crippen LogP contribution in [-0.2, 0) is 5.60 Å². The zero-order chi connectivity index (χ0) is 9.31. The molecule has 0 amide bonds. The van der Waals surface area contributed by atoms with E-state index in [0.717, 1.165) is 24.8 Å². The van der Waals surface area contributed by atoms with Gasteiger partial charge in [0, 0.05) is 6.04 Å². The highest BCUT2D eigenvalue weighted by Gasteiger charge is 2.39. The zero-order valence-corrected chi connectivity index (χ0v) is 7.61. The first-order chi connectivity index (χ1) is 6.23. The third-order valence-corrected chi connectivity index (χ3v) is 2.96. The van der Waals surface area contributed by atoms with Gasteiger partial charge in [0.15, 0.2) is 0 Å². The molecule has 1 fully saturated rings. The Hall–Kier alpha value is -0.860. The molecule has 13 heavy (non-hydrogen) atoms. The third kappa shape index (κ3) is 1.36. The summed E-state index contributed by atoms with van der Waals surface area (Å²) >= 11 is 0. The molecule has 2 atom stereocenters. The van der Waals surface area contributed by atoms with Crippen molar-refractivity contribution >= 4 is 0 Å². The average Bonchev–Trinajstić information content (AvgIpc) is 2.50. The van der Waals surface area contributed by atoms with E-state index >= 15 is 0 Å². The van der Waals surface area contributed by atoms with Crippen molar-refractivity contribution in [2.24, 2.45) is 5.73 Å². The molecule has 70 valence electrons. The summed E-state index contributed by atoms with van der Waals surface area (Å²) in [5.74, 6) is 0. The molecule has 0 unspecified atom stereocenters. The molecule has 0 radical (unpaired) electrons. The maximum absolute atomic E-state index is 10.3. The maximum Gasteiger partial charge on any atom is 0.105 e. The van der Waals surface area contributed by atoms with Gasteiger partial charge < -0.3 is 10.8 Å². The number of hydrogen-bond acceptors (Lipinski definition) is 2. The highest BCUT2D eigenvalue weighted by Crippen LogP contribution is 2.37. The number of benzene rings is 1. The number of rotatable bonds is 1. The Kier molecular flexibility index (Phi) is 2.10. The lowest BCUT2D eigenvalue weighted by Crippen LogP contribution is -2.40. The van der Waals surface area contributed by atoms with Crippen LogP contribution >= 0.6 is 0 Å². The van der Waals surface area contributed by atoms with Gasteiger partial charge in [-0.05, 0) is 24.8 Å². The van der Waals surface area contributed by atoms with Gasteiger partial charge in [-0.15, -0.1) is 0 Å². The first kappa shape index (κ1) is 8.73. The number of nitrogens with two attached hydrogens (primary N) is 1. The SMILES string of the molecule is N[C@H]1CCC[C@@]1(O)c1ccccc1. The fraction of sp³-hybridized carbons (Fsp3) is 0.455. The van der Waals surface area contributed by atoms with Crippen molar-refractivity contribution in [1.82, 2.24) is 0 Å². The normalized spacial score (nSPS) is 33.5. The van der Waals surface area contributed by atoms with E-state index in [-0.39, 0.29) is 6.04 Å². The lowest BCUT2D eigenvalue weighted by molar-refractivity contribution is 0.0282. The average molecular weight is 177 g/mol. The van der Waals surface area contributed by atoms with E-state index in [1.165, 1.54) is 0 Å². The van der Waals surface area contributed by atoms with E-state index in [9.17, 15) is 5.11 Å². The molecule has 0 aliphatic heterocycles. The predicted octanol–water partition coefficient (Wildman–Crippen LogP) is 1.39. The van der Waals surface area contributed by atoms with Gasteiger partial charge in [0.05, 0.1) is 0 Å². The molecule has 0 aromatic heterocycles. The Bertz CT molecular complexity index is 285. The van der Waals surface area contributed by atoms with E-state index < -0.39 is 5.60 Å². The fourth-order valence-electron chi connectivity index (χ4n) is 2.10. The second-order valence-electron chi connectivity index (χ2n) is 3.79. The van der Waals surface area contributed by atoms with Crippen molar-refractivity contribution in [2.75, 3.05) is 0 Å². The molecule has 3 N–H and O–H groups in total. The lowest BCUT2D eigenvalue weighted by atomic mass is 9.89. The van der Waals surface area contributed by atoms with Gasteiger partial charge in [0.1, 0.15) is 5.60 Å². The summed E-state index contributed by atoms with van der Waals surface area (Å²) in [6.07, 6.45) is 2.73. The summed E-state index contributed by atoms with van der Waals surface area (Å²) in [6.45, 7) is 0. The van der Waals surface area contributed by atoms with E-state index in [0.29, 0.717) is 0 Å². The summed E-state index contributed by atoms with van der Waals surface area (Å²) in [5.41, 5.74) is 6.08. The second-order valence-corrected chi connectivity index (χ2v) is 3.79. The molecule has 0 saturated heterocycles. The highest BCUT2D eigenvalue weighted by molar-refractivity contribution is 5.25. The van der Waals surface area contributed by atoms with Crippen molar-refractivity contribution in [3.63, 3.8) is 0 Å². The number of aliphatic hydroxyl groups is 1. The van der Waals surface area contributed by atoms with Crippen molar-refractivity contribution in [1.29, 1.82) is 0 Å². The van der Waals surface area contributed by atoms with Crippen LogP contribution in [0.5, 0.6) is 0 Å². The van der Waals surface area contributed by atoms with E-state index in [1.54, 1.807) is 0 Å². The Balaban J connectivity index is 2.34. The monoisotopic (exact) mass is 177 g/mol. The fourth-order valence-corrected chi connectivity index (χ4v) is 2.10. The van der Waals surface area contributed by atoms with Gasteiger partial charge in [-0.25, -0.2) is 0 Å². The van der Waals surface area contributed by atoms with Crippen LogP contribution in [0, 0.1) is 0 Å². The van der Waals surface area contributed by atoms with Gasteiger partial charge in [-0.3, -0.25) is 0 Å². The van der Waals surface area contributed by atoms with Crippen LogP contribution in [0.2, 0.25) is 0 Å². The Morgan fingerprint density at radius 2 is 2.00 bits per heavy atom. The minimum Gasteiger partial charge on any atom is -0.384 e. The first-order valence-electron chi connectivity index (χ1n) is 4.77. The van der Waals surface area contributed by atoms with Crippen molar-refractivity contribution < 1.29 is 5.11 Å². The molecule has 1 aromatic rings. The summed E-state index contributed by atoms with van der Waals surface area (Å²) in [6, 6.07) is 9.63. The number of hydrogen-bond donors (Lipinski definition) is 2. The standard InChI is InChI=1S/C11H15NO/c12-10-7-4-8-11(10,13)9-5-2-1-3-6-9/h1-3,5-6,10,13H,4,7-8,12H2/t10-,11+/m0/s1. The van der Waals surface area contributed by atoms with Crippen LogP contribution in [0.15, 0.2) is 30.3 Å². The Labute approximate surface area is 78.4 Å². The van der Waals surface area contributed by atoms with Gasteiger partial charge in [0.25, 0.3) is 0 Å². The van der Waals surface area contributed by atoms with E-state index in [1.807, 2.05) is 30.3 Å². The smallest absolute Gasteiger partial charge is 0.105 e. The molecule has 0 spiro atoms. The van der Waals surface area contributed by atoms with Gasteiger partial charge in [-0.1, -0.05) is 30.3 Å². The van der Waals surface area contributed by atoms with Crippen LogP contribution in [0.3, 0.4) is 0 Å². The molecule has 1 aromatic carbocycles. The first-order valence-corrected chi connectivity index (χ1v) is 4.77. The van der Waals surface area contributed by atoms with Crippen LogP contribution < -0.4 is 5.73 Å². The molecule has 2 heteroatoms. The van der Waals surface area contributed by atoms with Gasteiger partial charge >= 0.3 is 0 Å². The van der Waals surface area contributed by atoms with Crippen molar-refractivity contribution in [3.05, 3.63) is 35.9 Å². The molecule has 0 heterocycles. The molecule has 2 nitrogen and oxygen atoms in total. The van der Waals surface area contributed by atoms with Crippen LogP contribution in [-0.4, -0.2) is 11.1 Å². The molecule has 0 bridgehead atoms. The topological polar surface area (TPSA) is 46.2 Å². The third-order valence-electron chi connectivity index (χ3n) is 2.96. The van der Waals surface area contributed by atoms with Crippen LogP contribution in [0.25, 0.3) is 0 Å². The Morgan fingerprint density at radius 1 is 1.31 bits per heavy atom. The molecule has 1 aliphatic rings. The van der Waals surface area contributed by atoms with Crippen LogP contribution in [0.1, 0.15) is 24.8 Å². The van der Waals surface area contributed by atoms with E-state index in [2.05, 4.69) is 0 Å². The largest absolute Gasteiger partial charge is 0.384 e. The van der Waals surface area contributed by atoms with Gasteiger partial charge in [-0.2, -0.15) is 0 Å². The molecule has 1 aliphatic carbocycles.